The minimum Gasteiger partial charge on any atom is -0.494 e. The normalized spacial score (nSPS) is 11.6. The van der Waals surface area contributed by atoms with Crippen LogP contribution in [0.4, 0.5) is 5.69 Å². The molecule has 6 nitrogen and oxygen atoms in total. The van der Waals surface area contributed by atoms with Crippen LogP contribution in [0.15, 0.2) is 30.3 Å². The summed E-state index contributed by atoms with van der Waals surface area (Å²) < 4.78 is 1.03. The highest BCUT2D eigenvalue weighted by molar-refractivity contribution is 5.58. The van der Waals surface area contributed by atoms with E-state index in [0.29, 0.717) is 0 Å². The number of hydrogen-bond donors (Lipinski definition) is 2. The Morgan fingerprint density at radius 2 is 1.65 bits per heavy atom. The van der Waals surface area contributed by atoms with Crippen molar-refractivity contribution in [3.63, 3.8) is 0 Å². The molecule has 0 atom stereocenters. The Morgan fingerprint density at radius 3 is 2.10 bits per heavy atom. The van der Waals surface area contributed by atoms with Crippen LogP contribution in [0.5, 0.6) is 11.8 Å². The molecule has 0 aliphatic rings. The highest BCUT2D eigenvalue weighted by Gasteiger charge is 2.23. The quantitative estimate of drug-likeness (QED) is 0.651. The van der Waals surface area contributed by atoms with E-state index in [4.69, 9.17) is 0 Å². The van der Waals surface area contributed by atoms with Crippen molar-refractivity contribution in [2.75, 3.05) is 0 Å². The van der Waals surface area contributed by atoms with Gasteiger partial charge >= 0.3 is 0 Å². The molecule has 6 heteroatoms. The minimum absolute atomic E-state index is 0.128. The molecule has 0 radical (unpaired) electrons. The van der Waals surface area contributed by atoms with E-state index in [9.17, 15) is 20.3 Å². The Kier molecular flexibility index (Phi) is 3.17. The fourth-order valence-corrected chi connectivity index (χ4v) is 1.99. The molecule has 2 rings (SSSR count). The summed E-state index contributed by atoms with van der Waals surface area (Å²) >= 11 is 0. The molecule has 0 aliphatic carbocycles. The van der Waals surface area contributed by atoms with Crippen LogP contribution in [-0.2, 0) is 5.41 Å². The molecule has 20 heavy (non-hydrogen) atoms. The number of nitro benzene ring substituents is 1. The number of aromatic nitrogens is 1. The summed E-state index contributed by atoms with van der Waals surface area (Å²) in [5, 5.41) is 30.6. The van der Waals surface area contributed by atoms with Gasteiger partial charge < -0.3 is 10.2 Å². The van der Waals surface area contributed by atoms with E-state index in [1.807, 2.05) is 20.8 Å². The second-order valence-corrected chi connectivity index (χ2v) is 5.60. The lowest BCUT2D eigenvalue weighted by Gasteiger charge is -2.19. The van der Waals surface area contributed by atoms with Gasteiger partial charge in [-0.25, -0.2) is 4.57 Å². The van der Waals surface area contributed by atoms with Gasteiger partial charge in [0.2, 0.25) is 0 Å². The zero-order valence-corrected chi connectivity index (χ0v) is 11.5. The lowest BCUT2D eigenvalue weighted by Crippen LogP contribution is -2.12. The second kappa shape index (κ2) is 4.56. The molecule has 1 aromatic heterocycles. The highest BCUT2D eigenvalue weighted by atomic mass is 16.6. The predicted molar refractivity (Wildman–Crippen MR) is 74.5 cm³/mol. The average molecular weight is 276 g/mol. The predicted octanol–water partition coefficient (Wildman–Crippen LogP) is 3.09. The molecule has 1 aromatic carbocycles. The van der Waals surface area contributed by atoms with Crippen LogP contribution in [0.3, 0.4) is 0 Å². The first kappa shape index (κ1) is 13.9. The maximum atomic E-state index is 11.2. The van der Waals surface area contributed by atoms with Gasteiger partial charge in [-0.15, -0.1) is 0 Å². The summed E-state index contributed by atoms with van der Waals surface area (Å²) in [6.07, 6.45) is 0. The molecule has 0 spiro atoms. The Morgan fingerprint density at radius 1 is 1.10 bits per heavy atom. The topological polar surface area (TPSA) is 88.5 Å². The van der Waals surface area contributed by atoms with Gasteiger partial charge in [-0.05, 0) is 17.0 Å². The number of aromatic hydroxyl groups is 2. The van der Waals surface area contributed by atoms with Crippen molar-refractivity contribution < 1.29 is 15.1 Å². The van der Waals surface area contributed by atoms with Crippen LogP contribution in [-0.4, -0.2) is 19.7 Å². The fourth-order valence-electron chi connectivity index (χ4n) is 1.99. The molecular formula is C14H16N2O4. The lowest BCUT2D eigenvalue weighted by atomic mass is 9.86. The maximum Gasteiger partial charge on any atom is 0.293 e. The third-order valence-corrected chi connectivity index (χ3v) is 3.12. The monoisotopic (exact) mass is 276 g/mol. The second-order valence-electron chi connectivity index (χ2n) is 5.60. The standard InChI is InChI=1S/C14H16N2O4/c1-14(2,3)9-4-5-10(11(8-9)16(19)20)15-12(17)6-7-13(15)18/h4-8,17-18H,1-3H3. The van der Waals surface area contributed by atoms with E-state index >= 15 is 0 Å². The van der Waals surface area contributed by atoms with E-state index in [0.717, 1.165) is 10.1 Å². The first-order valence-electron chi connectivity index (χ1n) is 6.11. The zero-order valence-electron chi connectivity index (χ0n) is 11.5. The average Bonchev–Trinajstić information content (AvgIpc) is 2.67. The number of benzene rings is 1. The first-order valence-corrected chi connectivity index (χ1v) is 6.11. The van der Waals surface area contributed by atoms with Gasteiger partial charge in [0, 0.05) is 18.2 Å². The van der Waals surface area contributed by atoms with E-state index in [-0.39, 0.29) is 28.5 Å². The van der Waals surface area contributed by atoms with Crippen molar-refractivity contribution in [3.8, 4) is 17.4 Å². The minimum atomic E-state index is -0.524. The van der Waals surface area contributed by atoms with E-state index in [1.165, 1.54) is 24.3 Å². The molecule has 0 aliphatic heterocycles. The van der Waals surface area contributed by atoms with Crippen LogP contribution in [0.1, 0.15) is 26.3 Å². The molecule has 2 N–H and O–H groups in total. The summed E-state index contributed by atoms with van der Waals surface area (Å²) in [5.41, 5.74) is 0.533. The number of nitro groups is 1. The van der Waals surface area contributed by atoms with Gasteiger partial charge in [0.05, 0.1) is 4.92 Å². The molecule has 0 saturated heterocycles. The summed E-state index contributed by atoms with van der Waals surface area (Å²) in [4.78, 5) is 10.7. The van der Waals surface area contributed by atoms with Crippen molar-refractivity contribution in [3.05, 3.63) is 46.0 Å². The third kappa shape index (κ3) is 2.32. The Labute approximate surface area is 116 Å². The van der Waals surface area contributed by atoms with Crippen molar-refractivity contribution in [1.29, 1.82) is 0 Å². The van der Waals surface area contributed by atoms with Gasteiger partial charge in [-0.1, -0.05) is 26.8 Å². The molecule has 2 aromatic rings. The molecule has 0 saturated carbocycles. The van der Waals surface area contributed by atoms with Crippen molar-refractivity contribution in [1.82, 2.24) is 4.57 Å². The van der Waals surface area contributed by atoms with Crippen LogP contribution < -0.4 is 0 Å². The molecule has 0 fully saturated rings. The fraction of sp³-hybridized carbons (Fsp3) is 0.286. The number of rotatable bonds is 2. The molecular weight excluding hydrogens is 260 g/mol. The van der Waals surface area contributed by atoms with Crippen LogP contribution >= 0.6 is 0 Å². The molecule has 106 valence electrons. The van der Waals surface area contributed by atoms with Crippen molar-refractivity contribution in [2.45, 2.75) is 26.2 Å². The largest absolute Gasteiger partial charge is 0.494 e. The van der Waals surface area contributed by atoms with E-state index in [1.54, 1.807) is 6.07 Å². The van der Waals surface area contributed by atoms with Gasteiger partial charge in [0.1, 0.15) is 5.69 Å². The summed E-state index contributed by atoms with van der Waals surface area (Å²) in [7, 11) is 0. The van der Waals surface area contributed by atoms with Crippen LogP contribution in [0.25, 0.3) is 5.69 Å². The Hall–Kier alpha value is -2.50. The van der Waals surface area contributed by atoms with Crippen LogP contribution in [0, 0.1) is 10.1 Å². The molecule has 1 heterocycles. The van der Waals surface area contributed by atoms with Gasteiger partial charge in [-0.3, -0.25) is 10.1 Å². The smallest absolute Gasteiger partial charge is 0.293 e. The van der Waals surface area contributed by atoms with E-state index < -0.39 is 4.92 Å². The van der Waals surface area contributed by atoms with Gasteiger partial charge in [-0.2, -0.15) is 0 Å². The van der Waals surface area contributed by atoms with Crippen molar-refractivity contribution >= 4 is 5.69 Å². The van der Waals surface area contributed by atoms with Crippen LogP contribution in [0.2, 0.25) is 0 Å². The number of nitrogens with zero attached hydrogens (tertiary/aromatic N) is 2. The maximum absolute atomic E-state index is 11.2. The van der Waals surface area contributed by atoms with E-state index in [2.05, 4.69) is 0 Å². The Balaban J connectivity index is 2.69. The lowest BCUT2D eigenvalue weighted by molar-refractivity contribution is -0.384. The van der Waals surface area contributed by atoms with Gasteiger partial charge in [0.15, 0.2) is 11.8 Å². The first-order chi connectivity index (χ1) is 9.21. The summed E-state index contributed by atoms with van der Waals surface area (Å²) in [5.74, 6) is -0.511. The van der Waals surface area contributed by atoms with Gasteiger partial charge in [0.25, 0.3) is 5.69 Å². The Bertz CT molecular complexity index is 649. The summed E-state index contributed by atoms with van der Waals surface area (Å²) in [6, 6.07) is 7.29. The molecule has 0 amide bonds. The highest BCUT2D eigenvalue weighted by Crippen LogP contribution is 2.35. The SMILES string of the molecule is CC(C)(C)c1ccc(-n2c(O)ccc2O)c([N+](=O)[O-])c1. The zero-order chi connectivity index (χ0) is 15.1. The number of hydrogen-bond acceptors (Lipinski definition) is 4. The molecule has 0 unspecified atom stereocenters. The molecule has 0 bridgehead atoms. The third-order valence-electron chi connectivity index (χ3n) is 3.12. The summed E-state index contributed by atoms with van der Waals surface area (Å²) in [6.45, 7) is 5.86. The van der Waals surface area contributed by atoms with Crippen molar-refractivity contribution in [2.24, 2.45) is 0 Å².